The molecule has 0 bridgehead atoms. The van der Waals surface area contributed by atoms with Gasteiger partial charge in [-0.25, -0.2) is 4.79 Å². The zero-order valence-electron chi connectivity index (χ0n) is 11.0. The van der Waals surface area contributed by atoms with Crippen LogP contribution in [0.15, 0.2) is 24.3 Å². The van der Waals surface area contributed by atoms with Crippen LogP contribution in [0.3, 0.4) is 0 Å². The van der Waals surface area contributed by atoms with Crippen molar-refractivity contribution in [2.45, 2.75) is 31.5 Å². The second-order valence-electron chi connectivity index (χ2n) is 4.89. The number of carbonyl (C=O) groups is 2. The zero-order chi connectivity index (χ0) is 14.5. The van der Waals surface area contributed by atoms with E-state index in [2.05, 4.69) is 5.32 Å². The SMILES string of the molecule is Nc1cccc(CC(=O)NCC2CCC(C(=O)O)O2)c1. The van der Waals surface area contributed by atoms with E-state index in [9.17, 15) is 9.59 Å². The molecule has 2 unspecified atom stereocenters. The molecule has 1 aromatic carbocycles. The van der Waals surface area contributed by atoms with Crippen LogP contribution in [0.4, 0.5) is 5.69 Å². The minimum atomic E-state index is -0.946. The number of amides is 1. The highest BCUT2D eigenvalue weighted by Crippen LogP contribution is 2.19. The molecule has 4 N–H and O–H groups in total. The molecule has 2 rings (SSSR count). The summed E-state index contributed by atoms with van der Waals surface area (Å²) < 4.78 is 5.31. The minimum Gasteiger partial charge on any atom is -0.479 e. The first-order valence-electron chi connectivity index (χ1n) is 6.54. The minimum absolute atomic E-state index is 0.127. The highest BCUT2D eigenvalue weighted by atomic mass is 16.5. The van der Waals surface area contributed by atoms with Gasteiger partial charge in [-0.15, -0.1) is 0 Å². The number of rotatable bonds is 5. The molecule has 0 aromatic heterocycles. The van der Waals surface area contributed by atoms with Crippen molar-refractivity contribution in [2.75, 3.05) is 12.3 Å². The first-order chi connectivity index (χ1) is 9.54. The summed E-state index contributed by atoms with van der Waals surface area (Å²) in [4.78, 5) is 22.5. The Hall–Kier alpha value is -2.08. The lowest BCUT2D eigenvalue weighted by molar-refractivity contribution is -0.149. The summed E-state index contributed by atoms with van der Waals surface area (Å²) in [5, 5.41) is 11.6. The van der Waals surface area contributed by atoms with Gasteiger partial charge < -0.3 is 20.9 Å². The second-order valence-corrected chi connectivity index (χ2v) is 4.89. The molecule has 1 amide bonds. The number of nitrogens with two attached hydrogens (primary N) is 1. The maximum absolute atomic E-state index is 11.8. The predicted octanol–water partition coefficient (Wildman–Crippen LogP) is 0.560. The molecule has 1 fully saturated rings. The number of ether oxygens (including phenoxy) is 1. The second kappa shape index (κ2) is 6.38. The van der Waals surface area contributed by atoms with E-state index < -0.39 is 12.1 Å². The van der Waals surface area contributed by atoms with E-state index in [0.717, 1.165) is 5.56 Å². The standard InChI is InChI=1S/C14H18N2O4/c15-10-3-1-2-9(6-10)7-13(17)16-8-11-4-5-12(20-11)14(18)19/h1-3,6,11-12H,4-5,7-8,15H2,(H,16,17)(H,18,19). The van der Waals surface area contributed by atoms with Crippen molar-refractivity contribution in [3.63, 3.8) is 0 Å². The quantitative estimate of drug-likeness (QED) is 0.683. The number of nitrogens with one attached hydrogen (secondary N) is 1. The molecule has 108 valence electrons. The Morgan fingerprint density at radius 1 is 1.40 bits per heavy atom. The van der Waals surface area contributed by atoms with Crippen LogP contribution in [0.5, 0.6) is 0 Å². The van der Waals surface area contributed by atoms with Crippen LogP contribution in [0.1, 0.15) is 18.4 Å². The van der Waals surface area contributed by atoms with Gasteiger partial charge >= 0.3 is 5.97 Å². The third kappa shape index (κ3) is 3.96. The number of carboxylic acids is 1. The zero-order valence-corrected chi connectivity index (χ0v) is 11.0. The predicted molar refractivity (Wildman–Crippen MR) is 73.1 cm³/mol. The van der Waals surface area contributed by atoms with Crippen molar-refractivity contribution in [2.24, 2.45) is 0 Å². The molecule has 0 spiro atoms. The van der Waals surface area contributed by atoms with E-state index in [1.54, 1.807) is 18.2 Å². The molecule has 6 nitrogen and oxygen atoms in total. The van der Waals surface area contributed by atoms with Gasteiger partial charge in [0, 0.05) is 12.2 Å². The summed E-state index contributed by atoms with van der Waals surface area (Å²) >= 11 is 0. The third-order valence-electron chi connectivity index (χ3n) is 3.23. The van der Waals surface area contributed by atoms with Gasteiger partial charge in [-0.2, -0.15) is 0 Å². The topological polar surface area (TPSA) is 102 Å². The van der Waals surface area contributed by atoms with Crippen LogP contribution in [0, 0.1) is 0 Å². The van der Waals surface area contributed by atoms with Gasteiger partial charge in [-0.3, -0.25) is 4.79 Å². The van der Waals surface area contributed by atoms with Crippen LogP contribution in [0.25, 0.3) is 0 Å². The number of nitrogen functional groups attached to an aromatic ring is 1. The lowest BCUT2D eigenvalue weighted by atomic mass is 10.1. The van der Waals surface area contributed by atoms with Crippen molar-refractivity contribution >= 4 is 17.6 Å². The number of benzene rings is 1. The summed E-state index contributed by atoms with van der Waals surface area (Å²) in [5.41, 5.74) is 7.11. The van der Waals surface area contributed by atoms with Crippen LogP contribution >= 0.6 is 0 Å². The van der Waals surface area contributed by atoms with E-state index in [0.29, 0.717) is 25.1 Å². The van der Waals surface area contributed by atoms with Gasteiger partial charge in [0.15, 0.2) is 6.10 Å². The Kier molecular flexibility index (Phi) is 4.57. The summed E-state index contributed by atoms with van der Waals surface area (Å²) in [6.45, 7) is 0.338. The lowest BCUT2D eigenvalue weighted by Crippen LogP contribution is -2.34. The molecular formula is C14H18N2O4. The number of hydrogen-bond acceptors (Lipinski definition) is 4. The van der Waals surface area contributed by atoms with Crippen molar-refractivity contribution in [1.29, 1.82) is 0 Å². The van der Waals surface area contributed by atoms with E-state index >= 15 is 0 Å². The molecule has 0 radical (unpaired) electrons. The molecule has 1 saturated heterocycles. The summed E-state index contributed by atoms with van der Waals surface area (Å²) in [7, 11) is 0. The first kappa shape index (κ1) is 14.3. The number of aliphatic carboxylic acids is 1. The highest BCUT2D eigenvalue weighted by Gasteiger charge is 2.30. The fourth-order valence-electron chi connectivity index (χ4n) is 2.22. The Balaban J connectivity index is 1.75. The average Bonchev–Trinajstić information content (AvgIpc) is 2.85. The van der Waals surface area contributed by atoms with Gasteiger partial charge in [-0.1, -0.05) is 12.1 Å². The van der Waals surface area contributed by atoms with E-state index in [4.69, 9.17) is 15.6 Å². The largest absolute Gasteiger partial charge is 0.479 e. The molecule has 1 heterocycles. The van der Waals surface area contributed by atoms with Crippen LogP contribution in [-0.2, 0) is 20.7 Å². The summed E-state index contributed by atoms with van der Waals surface area (Å²) in [5.74, 6) is -1.07. The van der Waals surface area contributed by atoms with Crippen LogP contribution in [-0.4, -0.2) is 35.7 Å². The normalized spacial score (nSPS) is 21.6. The number of carbonyl (C=O) groups excluding carboxylic acids is 1. The first-order valence-corrected chi connectivity index (χ1v) is 6.54. The molecular weight excluding hydrogens is 260 g/mol. The van der Waals surface area contributed by atoms with Gasteiger partial charge in [0.25, 0.3) is 0 Å². The Labute approximate surface area is 116 Å². The van der Waals surface area contributed by atoms with Gasteiger partial charge in [-0.05, 0) is 30.5 Å². The summed E-state index contributed by atoms with van der Waals surface area (Å²) in [6.07, 6.45) is 0.424. The fourth-order valence-corrected chi connectivity index (χ4v) is 2.22. The van der Waals surface area contributed by atoms with Crippen molar-refractivity contribution in [3.05, 3.63) is 29.8 Å². The van der Waals surface area contributed by atoms with E-state index in [1.165, 1.54) is 0 Å². The highest BCUT2D eigenvalue weighted by molar-refractivity contribution is 5.78. The number of hydrogen-bond donors (Lipinski definition) is 3. The fraction of sp³-hybridized carbons (Fsp3) is 0.429. The van der Waals surface area contributed by atoms with E-state index in [1.807, 2.05) is 6.07 Å². The molecule has 6 heteroatoms. The molecule has 1 aliphatic heterocycles. The number of carboxylic acid groups (broad SMARTS) is 1. The molecule has 0 saturated carbocycles. The Bertz CT molecular complexity index is 504. The average molecular weight is 278 g/mol. The molecule has 1 aliphatic rings. The van der Waals surface area contributed by atoms with Crippen molar-refractivity contribution in [3.8, 4) is 0 Å². The molecule has 20 heavy (non-hydrogen) atoms. The van der Waals surface area contributed by atoms with Crippen molar-refractivity contribution in [1.82, 2.24) is 5.32 Å². The third-order valence-corrected chi connectivity index (χ3v) is 3.23. The van der Waals surface area contributed by atoms with Gasteiger partial charge in [0.1, 0.15) is 0 Å². The summed E-state index contributed by atoms with van der Waals surface area (Å²) in [6, 6.07) is 7.16. The Morgan fingerprint density at radius 2 is 2.20 bits per heavy atom. The van der Waals surface area contributed by atoms with Gasteiger partial charge in [0.05, 0.1) is 12.5 Å². The molecule has 2 atom stereocenters. The molecule has 1 aromatic rings. The lowest BCUT2D eigenvalue weighted by Gasteiger charge is -2.12. The van der Waals surface area contributed by atoms with Crippen LogP contribution < -0.4 is 11.1 Å². The molecule has 0 aliphatic carbocycles. The maximum atomic E-state index is 11.8. The smallest absolute Gasteiger partial charge is 0.332 e. The number of anilines is 1. The maximum Gasteiger partial charge on any atom is 0.332 e. The van der Waals surface area contributed by atoms with Gasteiger partial charge in [0.2, 0.25) is 5.91 Å². The van der Waals surface area contributed by atoms with E-state index in [-0.39, 0.29) is 18.4 Å². The van der Waals surface area contributed by atoms with Crippen molar-refractivity contribution < 1.29 is 19.4 Å². The van der Waals surface area contributed by atoms with Crippen LogP contribution in [0.2, 0.25) is 0 Å². The Morgan fingerprint density at radius 3 is 2.85 bits per heavy atom. The monoisotopic (exact) mass is 278 g/mol.